The number of para-hydroxylation sites is 1. The first-order chi connectivity index (χ1) is 12.6. The first-order valence-electron chi connectivity index (χ1n) is 8.16. The van der Waals surface area contributed by atoms with E-state index >= 15 is 0 Å². The van der Waals surface area contributed by atoms with Crippen molar-refractivity contribution in [3.8, 4) is 17.1 Å². The minimum Gasteiger partial charge on any atom is -0.383 e. The number of carbonyl (C=O) groups is 1. The summed E-state index contributed by atoms with van der Waals surface area (Å²) in [5.41, 5.74) is 2.80. The van der Waals surface area contributed by atoms with Gasteiger partial charge in [-0.2, -0.15) is 0 Å². The van der Waals surface area contributed by atoms with Crippen LogP contribution in [0.3, 0.4) is 0 Å². The van der Waals surface area contributed by atoms with Gasteiger partial charge in [-0.25, -0.2) is 9.67 Å². The zero-order valence-corrected chi connectivity index (χ0v) is 16.2. The summed E-state index contributed by atoms with van der Waals surface area (Å²) >= 11 is 3.44. The maximum absolute atomic E-state index is 12.4. The van der Waals surface area contributed by atoms with Crippen molar-refractivity contribution in [3.63, 3.8) is 0 Å². The van der Waals surface area contributed by atoms with E-state index in [1.54, 1.807) is 11.8 Å². The molecule has 1 aromatic heterocycles. The fourth-order valence-corrected chi connectivity index (χ4v) is 2.77. The molecule has 1 amide bonds. The van der Waals surface area contributed by atoms with Gasteiger partial charge in [0, 0.05) is 23.7 Å². The topological polar surface area (TPSA) is 69.0 Å². The number of carbonyl (C=O) groups excluding carboxylic acids is 1. The molecule has 1 heterocycles. The molecular weight excluding hydrogens is 396 g/mol. The molecule has 0 aliphatic rings. The highest BCUT2D eigenvalue weighted by molar-refractivity contribution is 9.10. The third-order valence-corrected chi connectivity index (χ3v) is 4.38. The fourth-order valence-electron chi connectivity index (χ4n) is 2.51. The summed E-state index contributed by atoms with van der Waals surface area (Å²) in [4.78, 5) is 16.9. The molecule has 3 aromatic rings. The van der Waals surface area contributed by atoms with Crippen molar-refractivity contribution in [1.82, 2.24) is 20.1 Å². The lowest BCUT2D eigenvalue weighted by atomic mass is 10.2. The molecule has 0 atom stereocenters. The van der Waals surface area contributed by atoms with E-state index in [-0.39, 0.29) is 11.7 Å². The molecule has 0 aliphatic heterocycles. The maximum atomic E-state index is 12.4. The second-order valence-corrected chi connectivity index (χ2v) is 6.63. The number of nitrogens with zero attached hydrogens (tertiary/aromatic N) is 3. The molecule has 6 nitrogen and oxygen atoms in total. The van der Waals surface area contributed by atoms with Crippen LogP contribution < -0.4 is 5.32 Å². The molecular formula is C19H19BrN4O2. The Labute approximate surface area is 160 Å². The monoisotopic (exact) mass is 414 g/mol. The molecule has 7 heteroatoms. The lowest BCUT2D eigenvalue weighted by Gasteiger charge is -2.08. The van der Waals surface area contributed by atoms with Gasteiger partial charge in [-0.15, -0.1) is 5.10 Å². The van der Waals surface area contributed by atoms with Crippen molar-refractivity contribution >= 4 is 21.8 Å². The Bertz CT molecular complexity index is 906. The number of hydrogen-bond donors (Lipinski definition) is 1. The van der Waals surface area contributed by atoms with E-state index in [4.69, 9.17) is 4.74 Å². The number of ether oxygens (including phenoxy) is 1. The molecule has 0 saturated carbocycles. The average molecular weight is 415 g/mol. The van der Waals surface area contributed by atoms with Gasteiger partial charge in [-0.1, -0.05) is 46.3 Å². The normalized spacial score (nSPS) is 10.7. The van der Waals surface area contributed by atoms with E-state index in [1.165, 1.54) is 0 Å². The van der Waals surface area contributed by atoms with E-state index in [0.29, 0.717) is 19.0 Å². The van der Waals surface area contributed by atoms with Crippen LogP contribution in [0.5, 0.6) is 0 Å². The number of halogens is 1. The molecule has 1 N–H and O–H groups in total. The molecule has 0 radical (unpaired) electrons. The lowest BCUT2D eigenvalue weighted by molar-refractivity contribution is 0.0927. The summed E-state index contributed by atoms with van der Waals surface area (Å²) < 4.78 is 7.64. The van der Waals surface area contributed by atoms with E-state index in [9.17, 15) is 4.79 Å². The van der Waals surface area contributed by atoms with Gasteiger partial charge in [0.15, 0.2) is 5.82 Å². The molecule has 0 bridgehead atoms. The van der Waals surface area contributed by atoms with Crippen molar-refractivity contribution < 1.29 is 9.53 Å². The number of benzene rings is 2. The highest BCUT2D eigenvalue weighted by Crippen LogP contribution is 2.24. The highest BCUT2D eigenvalue weighted by Gasteiger charge is 2.19. The number of aryl methyl sites for hydroxylation is 1. The minimum absolute atomic E-state index is 0.127. The Morgan fingerprint density at radius 2 is 1.92 bits per heavy atom. The van der Waals surface area contributed by atoms with Crippen LogP contribution in [0.25, 0.3) is 17.1 Å². The standard InChI is InChI=1S/C19H19BrN4O2/c1-13-5-3-4-6-16(13)24-18(14-7-9-15(20)10-8-14)22-17(23-24)19(25)21-11-12-26-2/h3-10H,11-12H2,1-2H3,(H,21,25). The van der Waals surface area contributed by atoms with Crippen LogP contribution in [0, 0.1) is 6.92 Å². The summed E-state index contributed by atoms with van der Waals surface area (Å²) in [6.07, 6.45) is 0. The van der Waals surface area contributed by atoms with Crippen LogP contribution in [-0.2, 0) is 4.74 Å². The Hall–Kier alpha value is -2.51. The molecule has 134 valence electrons. The number of hydrogen-bond acceptors (Lipinski definition) is 4. The summed E-state index contributed by atoms with van der Waals surface area (Å²) in [7, 11) is 1.59. The summed E-state index contributed by atoms with van der Waals surface area (Å²) in [5, 5.41) is 7.22. The van der Waals surface area contributed by atoms with E-state index in [1.807, 2.05) is 55.5 Å². The Kier molecular flexibility index (Phi) is 5.80. The number of nitrogens with one attached hydrogen (secondary N) is 1. The summed E-state index contributed by atoms with van der Waals surface area (Å²) in [6.45, 7) is 2.84. The van der Waals surface area contributed by atoms with Crippen LogP contribution in [0.4, 0.5) is 0 Å². The largest absolute Gasteiger partial charge is 0.383 e. The molecule has 0 unspecified atom stereocenters. The van der Waals surface area contributed by atoms with Crippen molar-refractivity contribution in [1.29, 1.82) is 0 Å². The van der Waals surface area contributed by atoms with Gasteiger partial charge in [0.25, 0.3) is 5.91 Å². The van der Waals surface area contributed by atoms with Crippen LogP contribution in [0.1, 0.15) is 16.2 Å². The van der Waals surface area contributed by atoms with E-state index in [0.717, 1.165) is 21.3 Å². The third-order valence-electron chi connectivity index (χ3n) is 3.85. The number of aromatic nitrogens is 3. The van der Waals surface area contributed by atoms with Gasteiger partial charge >= 0.3 is 0 Å². The number of amides is 1. The van der Waals surface area contributed by atoms with Gasteiger partial charge in [-0.05, 0) is 30.7 Å². The van der Waals surface area contributed by atoms with E-state index < -0.39 is 0 Å². The smallest absolute Gasteiger partial charge is 0.291 e. The van der Waals surface area contributed by atoms with Gasteiger partial charge in [-0.3, -0.25) is 4.79 Å². The van der Waals surface area contributed by atoms with Gasteiger partial charge in [0.1, 0.15) is 0 Å². The second-order valence-electron chi connectivity index (χ2n) is 5.71. The summed E-state index contributed by atoms with van der Waals surface area (Å²) in [6, 6.07) is 15.6. The first kappa shape index (κ1) is 18.3. The van der Waals surface area contributed by atoms with Crippen molar-refractivity contribution in [2.24, 2.45) is 0 Å². The van der Waals surface area contributed by atoms with Gasteiger partial charge < -0.3 is 10.1 Å². The molecule has 2 aromatic carbocycles. The fraction of sp³-hybridized carbons (Fsp3) is 0.211. The summed E-state index contributed by atoms with van der Waals surface area (Å²) in [5.74, 6) is 0.415. The molecule has 3 rings (SSSR count). The molecule has 0 spiro atoms. The van der Waals surface area contributed by atoms with Crippen molar-refractivity contribution in [3.05, 3.63) is 64.4 Å². The average Bonchev–Trinajstić information content (AvgIpc) is 3.08. The van der Waals surface area contributed by atoms with Gasteiger partial charge in [0.2, 0.25) is 5.82 Å². The quantitative estimate of drug-likeness (QED) is 0.627. The molecule has 26 heavy (non-hydrogen) atoms. The van der Waals surface area contributed by atoms with E-state index in [2.05, 4.69) is 31.3 Å². The Morgan fingerprint density at radius 1 is 1.19 bits per heavy atom. The lowest BCUT2D eigenvalue weighted by Crippen LogP contribution is -2.28. The maximum Gasteiger partial charge on any atom is 0.291 e. The third kappa shape index (κ3) is 4.00. The van der Waals surface area contributed by atoms with Crippen molar-refractivity contribution in [2.45, 2.75) is 6.92 Å². The minimum atomic E-state index is -0.326. The Balaban J connectivity index is 2.04. The predicted octanol–water partition coefficient (Wildman–Crippen LogP) is 3.38. The molecule has 0 fully saturated rings. The molecule has 0 aliphatic carbocycles. The van der Waals surface area contributed by atoms with Crippen molar-refractivity contribution in [2.75, 3.05) is 20.3 Å². The second kappa shape index (κ2) is 8.25. The zero-order valence-electron chi connectivity index (χ0n) is 14.6. The van der Waals surface area contributed by atoms with Crippen LogP contribution in [0.2, 0.25) is 0 Å². The van der Waals surface area contributed by atoms with Crippen LogP contribution in [-0.4, -0.2) is 40.9 Å². The van der Waals surface area contributed by atoms with Crippen LogP contribution >= 0.6 is 15.9 Å². The van der Waals surface area contributed by atoms with Gasteiger partial charge in [0.05, 0.1) is 12.3 Å². The zero-order chi connectivity index (χ0) is 18.5. The first-order valence-corrected chi connectivity index (χ1v) is 8.95. The number of methoxy groups -OCH3 is 1. The number of rotatable bonds is 6. The SMILES string of the molecule is COCCNC(=O)c1nc(-c2ccc(Br)cc2)n(-c2ccccc2C)n1. The predicted molar refractivity (Wildman–Crippen MR) is 103 cm³/mol. The van der Waals surface area contributed by atoms with Crippen LogP contribution in [0.15, 0.2) is 53.0 Å². The highest BCUT2D eigenvalue weighted by atomic mass is 79.9. The molecule has 0 saturated heterocycles. The Morgan fingerprint density at radius 3 is 2.62 bits per heavy atom.